The lowest BCUT2D eigenvalue weighted by Gasteiger charge is -2.18. The number of hydrogen-bond donors (Lipinski definition) is 2. The van der Waals surface area contributed by atoms with Crippen molar-refractivity contribution in [3.05, 3.63) is 34.7 Å². The molecule has 1 aromatic rings. The van der Waals surface area contributed by atoms with Gasteiger partial charge in [0, 0.05) is 11.5 Å². The van der Waals surface area contributed by atoms with E-state index in [1.54, 1.807) is 49.2 Å². The van der Waals surface area contributed by atoms with Crippen LogP contribution in [0.2, 0.25) is 0 Å². The molecule has 0 bridgehead atoms. The first-order chi connectivity index (χ1) is 12.5. The Morgan fingerprint density at radius 1 is 1.42 bits per heavy atom. The first kappa shape index (κ1) is 18.8. The lowest BCUT2D eigenvalue weighted by Crippen LogP contribution is -2.47. The molecule has 3 amide bonds. The zero-order chi connectivity index (χ0) is 18.7. The van der Waals surface area contributed by atoms with Crippen LogP contribution in [0.15, 0.2) is 29.2 Å². The highest BCUT2D eigenvalue weighted by Gasteiger charge is 2.37. The van der Waals surface area contributed by atoms with E-state index in [1.807, 2.05) is 0 Å². The van der Waals surface area contributed by atoms with E-state index in [4.69, 9.17) is 4.74 Å². The molecule has 0 aliphatic carbocycles. The van der Waals surface area contributed by atoms with E-state index in [-0.39, 0.29) is 17.5 Å². The number of nitrogens with one attached hydrogen (secondary N) is 1. The maximum Gasteiger partial charge on any atom is 0.294 e. The number of thioether (sulfide) groups is 2. The molecule has 2 N–H and O–H groups in total. The van der Waals surface area contributed by atoms with E-state index in [0.29, 0.717) is 17.3 Å². The Labute approximate surface area is 159 Å². The van der Waals surface area contributed by atoms with Gasteiger partial charge in [0.25, 0.3) is 11.1 Å². The van der Waals surface area contributed by atoms with Gasteiger partial charge in [-0.2, -0.15) is 11.8 Å². The molecule has 1 aromatic carbocycles. The molecular weight excluding hydrogens is 376 g/mol. The first-order valence-corrected chi connectivity index (χ1v) is 9.89. The lowest BCUT2D eigenvalue weighted by atomic mass is 10.2. The minimum Gasteiger partial charge on any atom is -0.497 e. The van der Waals surface area contributed by atoms with Crippen LogP contribution in [0.25, 0.3) is 6.08 Å². The smallest absolute Gasteiger partial charge is 0.294 e. The second-order valence-electron chi connectivity index (χ2n) is 5.82. The molecule has 26 heavy (non-hydrogen) atoms. The minimum atomic E-state index is -0.605. The summed E-state index contributed by atoms with van der Waals surface area (Å²) in [4.78, 5) is 37.9. The Morgan fingerprint density at radius 3 is 2.92 bits per heavy atom. The predicted molar refractivity (Wildman–Crippen MR) is 101 cm³/mol. The largest absolute Gasteiger partial charge is 0.497 e. The molecule has 2 saturated heterocycles. The number of methoxy groups -OCH3 is 1. The van der Waals surface area contributed by atoms with Gasteiger partial charge < -0.3 is 15.2 Å². The van der Waals surface area contributed by atoms with Gasteiger partial charge in [-0.25, -0.2) is 0 Å². The number of imide groups is 1. The molecule has 138 valence electrons. The van der Waals surface area contributed by atoms with E-state index in [0.717, 1.165) is 22.2 Å². The summed E-state index contributed by atoms with van der Waals surface area (Å²) in [6, 6.07) is 6.76. The van der Waals surface area contributed by atoms with Gasteiger partial charge in [0.15, 0.2) is 0 Å². The fourth-order valence-electron chi connectivity index (χ4n) is 2.60. The van der Waals surface area contributed by atoms with Crippen LogP contribution in [-0.2, 0) is 9.59 Å². The first-order valence-electron chi connectivity index (χ1n) is 7.92. The Balaban J connectivity index is 1.66. The van der Waals surface area contributed by atoms with Crippen LogP contribution in [0.1, 0.15) is 5.56 Å². The number of nitrogens with zero attached hydrogens (tertiary/aromatic N) is 1. The molecule has 0 spiro atoms. The zero-order valence-corrected chi connectivity index (χ0v) is 15.6. The molecule has 0 unspecified atom stereocenters. The van der Waals surface area contributed by atoms with Crippen molar-refractivity contribution in [1.29, 1.82) is 0 Å². The SMILES string of the molecule is COc1cccc(/C=C2\SC(=O)N(CC(=O)N[C@@H]3CSC[C@@H]3O)C2=O)c1. The molecule has 2 aliphatic rings. The topological polar surface area (TPSA) is 95.9 Å². The van der Waals surface area contributed by atoms with Crippen molar-refractivity contribution in [3.63, 3.8) is 0 Å². The molecule has 2 heterocycles. The van der Waals surface area contributed by atoms with Crippen molar-refractivity contribution in [3.8, 4) is 5.75 Å². The van der Waals surface area contributed by atoms with E-state index >= 15 is 0 Å². The van der Waals surface area contributed by atoms with Crippen molar-refractivity contribution < 1.29 is 24.2 Å². The van der Waals surface area contributed by atoms with E-state index in [9.17, 15) is 19.5 Å². The number of aliphatic hydroxyl groups excluding tert-OH is 1. The zero-order valence-electron chi connectivity index (χ0n) is 14.0. The lowest BCUT2D eigenvalue weighted by molar-refractivity contribution is -0.129. The number of rotatable bonds is 5. The maximum absolute atomic E-state index is 12.5. The summed E-state index contributed by atoms with van der Waals surface area (Å²) in [5.41, 5.74) is 0.727. The number of aliphatic hydroxyl groups is 1. The van der Waals surface area contributed by atoms with Crippen LogP contribution < -0.4 is 10.1 Å². The molecule has 7 nitrogen and oxygen atoms in total. The Bertz CT molecular complexity index is 767. The van der Waals surface area contributed by atoms with E-state index in [2.05, 4.69) is 5.32 Å². The highest BCUT2D eigenvalue weighted by molar-refractivity contribution is 8.18. The number of carbonyl (C=O) groups excluding carboxylic acids is 3. The summed E-state index contributed by atoms with van der Waals surface area (Å²) in [6.45, 7) is -0.353. The van der Waals surface area contributed by atoms with Crippen LogP contribution in [0.3, 0.4) is 0 Å². The average Bonchev–Trinajstić information content (AvgIpc) is 3.13. The molecule has 0 saturated carbocycles. The second kappa shape index (κ2) is 8.15. The highest BCUT2D eigenvalue weighted by atomic mass is 32.2. The van der Waals surface area contributed by atoms with Crippen LogP contribution in [0, 0.1) is 0 Å². The third kappa shape index (κ3) is 4.22. The normalized spacial score (nSPS) is 24.4. The number of carbonyl (C=O) groups is 3. The van der Waals surface area contributed by atoms with Crippen molar-refractivity contribution in [1.82, 2.24) is 10.2 Å². The fourth-order valence-corrected chi connectivity index (χ4v) is 4.60. The van der Waals surface area contributed by atoms with Crippen LogP contribution >= 0.6 is 23.5 Å². The maximum atomic E-state index is 12.5. The van der Waals surface area contributed by atoms with Crippen LogP contribution in [0.4, 0.5) is 4.79 Å². The van der Waals surface area contributed by atoms with E-state index < -0.39 is 23.2 Å². The van der Waals surface area contributed by atoms with Gasteiger partial charge in [0.2, 0.25) is 5.91 Å². The van der Waals surface area contributed by atoms with Crippen molar-refractivity contribution in [2.24, 2.45) is 0 Å². The van der Waals surface area contributed by atoms with Gasteiger partial charge in [0.1, 0.15) is 12.3 Å². The van der Waals surface area contributed by atoms with E-state index in [1.165, 1.54) is 0 Å². The highest BCUT2D eigenvalue weighted by Crippen LogP contribution is 2.32. The Morgan fingerprint density at radius 2 is 2.23 bits per heavy atom. The van der Waals surface area contributed by atoms with Gasteiger partial charge in [0.05, 0.1) is 24.2 Å². The third-order valence-electron chi connectivity index (χ3n) is 3.96. The van der Waals surface area contributed by atoms with Gasteiger partial charge in [-0.3, -0.25) is 19.3 Å². The number of hydrogen-bond acceptors (Lipinski definition) is 7. The molecule has 2 atom stereocenters. The summed E-state index contributed by atoms with van der Waals surface area (Å²) in [5.74, 6) is 0.867. The Hall–Kier alpha value is -1.97. The fraction of sp³-hybridized carbons (Fsp3) is 0.353. The molecular formula is C17H18N2O5S2. The van der Waals surface area contributed by atoms with Gasteiger partial charge in [-0.1, -0.05) is 12.1 Å². The summed E-state index contributed by atoms with van der Waals surface area (Å²) in [7, 11) is 1.55. The monoisotopic (exact) mass is 394 g/mol. The molecule has 9 heteroatoms. The minimum absolute atomic E-state index is 0.257. The predicted octanol–water partition coefficient (Wildman–Crippen LogP) is 1.32. The molecule has 3 rings (SSSR count). The summed E-state index contributed by atoms with van der Waals surface area (Å²) >= 11 is 2.34. The average molecular weight is 394 g/mol. The summed E-state index contributed by atoms with van der Waals surface area (Å²) < 4.78 is 5.14. The Kier molecular flexibility index (Phi) is 5.90. The van der Waals surface area contributed by atoms with Crippen molar-refractivity contribution in [2.45, 2.75) is 12.1 Å². The molecule has 0 radical (unpaired) electrons. The molecule has 2 aliphatic heterocycles. The standard InChI is InChI=1S/C17H18N2O5S2/c1-24-11-4-2-3-10(5-11)6-14-16(22)19(17(23)26-14)7-15(21)18-12-8-25-9-13(12)20/h2-6,12-13,20H,7-9H2,1H3,(H,18,21)/b14-6-/t12-,13+/m1/s1. The summed E-state index contributed by atoms with van der Waals surface area (Å²) in [6.07, 6.45) is 0.995. The van der Waals surface area contributed by atoms with Gasteiger partial charge in [-0.15, -0.1) is 0 Å². The van der Waals surface area contributed by atoms with Crippen molar-refractivity contribution in [2.75, 3.05) is 25.2 Å². The third-order valence-corrected chi connectivity index (χ3v) is 6.04. The number of amides is 3. The second-order valence-corrected chi connectivity index (χ2v) is 7.89. The molecule has 0 aromatic heterocycles. The summed E-state index contributed by atoms with van der Waals surface area (Å²) in [5, 5.41) is 11.9. The van der Waals surface area contributed by atoms with Gasteiger partial charge in [-0.05, 0) is 35.5 Å². The van der Waals surface area contributed by atoms with Crippen LogP contribution in [0.5, 0.6) is 5.75 Å². The quantitative estimate of drug-likeness (QED) is 0.727. The molecule has 2 fully saturated rings. The van der Waals surface area contributed by atoms with Crippen molar-refractivity contribution >= 4 is 46.7 Å². The van der Waals surface area contributed by atoms with Crippen LogP contribution in [-0.4, -0.2) is 64.4 Å². The van der Waals surface area contributed by atoms with Gasteiger partial charge >= 0.3 is 0 Å². The number of ether oxygens (including phenoxy) is 1. The number of benzene rings is 1.